The fraction of sp³-hybridized carbons (Fsp3) is 0.455. The highest BCUT2D eigenvalue weighted by molar-refractivity contribution is 5.77. The summed E-state index contributed by atoms with van der Waals surface area (Å²) in [6.45, 7) is 8.60. The van der Waals surface area contributed by atoms with E-state index in [4.69, 9.17) is 0 Å². The summed E-state index contributed by atoms with van der Waals surface area (Å²) < 4.78 is 0. The van der Waals surface area contributed by atoms with Gasteiger partial charge in [-0.25, -0.2) is 0 Å². The molecule has 1 aliphatic heterocycles. The summed E-state index contributed by atoms with van der Waals surface area (Å²) in [5.74, 6) is 0. The quantitative estimate of drug-likeness (QED) is 0.471. The first kappa shape index (κ1) is 20.3. The van der Waals surface area contributed by atoms with Gasteiger partial charge >= 0.3 is 0 Å². The topological polar surface area (TPSA) is 57.0 Å². The molecule has 1 aliphatic rings. The van der Waals surface area contributed by atoms with Crippen LogP contribution >= 0.6 is 0 Å². The molecule has 6 heteroatoms. The molecule has 1 saturated heterocycles. The number of pyridine rings is 2. The Kier molecular flexibility index (Phi) is 8.77. The van der Waals surface area contributed by atoms with Gasteiger partial charge in [0.05, 0.1) is 11.4 Å². The number of hydrogen-bond donors (Lipinski definition) is 0. The Balaban J connectivity index is 1.22. The zero-order valence-corrected chi connectivity index (χ0v) is 16.5. The van der Waals surface area contributed by atoms with Crippen molar-refractivity contribution in [3.8, 4) is 0 Å². The fourth-order valence-electron chi connectivity index (χ4n) is 3.23. The molecule has 2 aromatic rings. The zero-order valence-electron chi connectivity index (χ0n) is 16.5. The minimum atomic E-state index is 0.866. The lowest BCUT2D eigenvalue weighted by Crippen LogP contribution is -2.46. The molecule has 148 valence electrons. The van der Waals surface area contributed by atoms with E-state index in [9.17, 15) is 0 Å². The number of aliphatic imine (C=N–C) groups is 2. The van der Waals surface area contributed by atoms with E-state index in [2.05, 4.69) is 29.8 Å². The lowest BCUT2D eigenvalue weighted by molar-refractivity contribution is 0.131. The van der Waals surface area contributed by atoms with Gasteiger partial charge in [0, 0.05) is 64.1 Å². The molecule has 2 aromatic heterocycles. The molecule has 1 fully saturated rings. The molecule has 0 amide bonds. The van der Waals surface area contributed by atoms with Crippen LogP contribution in [0, 0.1) is 0 Å². The van der Waals surface area contributed by atoms with E-state index < -0.39 is 0 Å². The van der Waals surface area contributed by atoms with Gasteiger partial charge in [-0.15, -0.1) is 0 Å². The third-order valence-corrected chi connectivity index (χ3v) is 4.81. The minimum absolute atomic E-state index is 0.866. The van der Waals surface area contributed by atoms with Gasteiger partial charge in [-0.1, -0.05) is 12.1 Å². The van der Waals surface area contributed by atoms with E-state index in [0.29, 0.717) is 0 Å². The van der Waals surface area contributed by atoms with Gasteiger partial charge in [0.25, 0.3) is 0 Å². The number of hydrogen-bond acceptors (Lipinski definition) is 6. The van der Waals surface area contributed by atoms with Gasteiger partial charge in [0.15, 0.2) is 0 Å². The van der Waals surface area contributed by atoms with Gasteiger partial charge in [0.2, 0.25) is 0 Å². The van der Waals surface area contributed by atoms with Crippen LogP contribution in [0.25, 0.3) is 0 Å². The standard InChI is InChI=1S/C22H30N6/c1-3-11-25-21(7-1)19-23-9-5-13-27-15-17-28(18-16-27)14-6-10-24-20-22-8-2-4-12-26-22/h1-4,7-8,11-12,19-20H,5-6,9-10,13-18H2. The van der Waals surface area contributed by atoms with Gasteiger partial charge in [-0.3, -0.25) is 20.0 Å². The molecule has 0 radical (unpaired) electrons. The Morgan fingerprint density at radius 3 is 1.57 bits per heavy atom. The molecule has 0 unspecified atom stereocenters. The average Bonchev–Trinajstić information content (AvgIpc) is 2.76. The first-order valence-corrected chi connectivity index (χ1v) is 10.2. The predicted molar refractivity (Wildman–Crippen MR) is 116 cm³/mol. The molecule has 0 saturated carbocycles. The first-order valence-electron chi connectivity index (χ1n) is 10.2. The second-order valence-corrected chi connectivity index (χ2v) is 6.97. The van der Waals surface area contributed by atoms with E-state index in [0.717, 1.165) is 76.6 Å². The highest BCUT2D eigenvalue weighted by Crippen LogP contribution is 2.04. The molecule has 0 atom stereocenters. The third-order valence-electron chi connectivity index (χ3n) is 4.81. The van der Waals surface area contributed by atoms with Gasteiger partial charge in [-0.05, 0) is 50.2 Å². The summed E-state index contributed by atoms with van der Waals surface area (Å²) in [5.41, 5.74) is 1.86. The molecular weight excluding hydrogens is 348 g/mol. The Hall–Kier alpha value is -2.44. The van der Waals surface area contributed by atoms with Crippen LogP contribution in [0.15, 0.2) is 58.8 Å². The maximum Gasteiger partial charge on any atom is 0.0807 e. The van der Waals surface area contributed by atoms with Crippen molar-refractivity contribution in [3.05, 3.63) is 60.2 Å². The van der Waals surface area contributed by atoms with Crippen molar-refractivity contribution in [2.45, 2.75) is 12.8 Å². The largest absolute Gasteiger partial charge is 0.301 e. The van der Waals surface area contributed by atoms with Crippen LogP contribution in [0.3, 0.4) is 0 Å². The third kappa shape index (κ3) is 7.66. The Labute approximate surface area is 168 Å². The summed E-state index contributed by atoms with van der Waals surface area (Å²) in [6.07, 6.45) is 9.54. The molecule has 0 aromatic carbocycles. The number of piperazine rings is 1. The van der Waals surface area contributed by atoms with Crippen molar-refractivity contribution in [2.75, 3.05) is 52.4 Å². The predicted octanol–water partition coefficient (Wildman–Crippen LogP) is 2.41. The number of nitrogens with zero attached hydrogens (tertiary/aromatic N) is 6. The van der Waals surface area contributed by atoms with E-state index >= 15 is 0 Å². The van der Waals surface area contributed by atoms with E-state index in [1.54, 1.807) is 12.4 Å². The van der Waals surface area contributed by atoms with Crippen LogP contribution in [0.2, 0.25) is 0 Å². The Morgan fingerprint density at radius 1 is 0.714 bits per heavy atom. The van der Waals surface area contributed by atoms with Crippen molar-refractivity contribution in [1.82, 2.24) is 19.8 Å². The average molecular weight is 379 g/mol. The molecule has 3 heterocycles. The minimum Gasteiger partial charge on any atom is -0.301 e. The van der Waals surface area contributed by atoms with Crippen LogP contribution in [-0.2, 0) is 0 Å². The lowest BCUT2D eigenvalue weighted by Gasteiger charge is -2.34. The lowest BCUT2D eigenvalue weighted by atomic mass is 10.2. The summed E-state index contributed by atoms with van der Waals surface area (Å²) >= 11 is 0. The van der Waals surface area contributed by atoms with Crippen molar-refractivity contribution in [1.29, 1.82) is 0 Å². The van der Waals surface area contributed by atoms with Crippen LogP contribution in [0.4, 0.5) is 0 Å². The van der Waals surface area contributed by atoms with Crippen molar-refractivity contribution in [2.24, 2.45) is 9.98 Å². The molecule has 0 aliphatic carbocycles. The maximum atomic E-state index is 4.48. The van der Waals surface area contributed by atoms with E-state index in [-0.39, 0.29) is 0 Å². The highest BCUT2D eigenvalue weighted by atomic mass is 15.3. The smallest absolute Gasteiger partial charge is 0.0807 e. The molecule has 6 nitrogen and oxygen atoms in total. The molecule has 0 bridgehead atoms. The monoisotopic (exact) mass is 378 g/mol. The Bertz CT molecular complexity index is 645. The normalized spacial score (nSPS) is 16.3. The molecular formula is C22H30N6. The number of rotatable bonds is 10. The maximum absolute atomic E-state index is 4.48. The summed E-state index contributed by atoms with van der Waals surface area (Å²) in [7, 11) is 0. The molecule has 28 heavy (non-hydrogen) atoms. The van der Waals surface area contributed by atoms with Crippen molar-refractivity contribution < 1.29 is 0 Å². The van der Waals surface area contributed by atoms with Crippen molar-refractivity contribution >= 4 is 12.4 Å². The van der Waals surface area contributed by atoms with E-state index in [1.165, 1.54) is 0 Å². The molecule has 3 rings (SSSR count). The van der Waals surface area contributed by atoms with Crippen molar-refractivity contribution in [3.63, 3.8) is 0 Å². The van der Waals surface area contributed by atoms with E-state index in [1.807, 2.05) is 48.8 Å². The second-order valence-electron chi connectivity index (χ2n) is 6.97. The summed E-state index contributed by atoms with van der Waals surface area (Å²) in [5, 5.41) is 0. The second kappa shape index (κ2) is 12.1. The SMILES string of the molecule is C(=NCCCN1CCN(CCCN=Cc2ccccn2)CC1)c1ccccn1. The molecule has 0 spiro atoms. The van der Waals surface area contributed by atoms with Gasteiger partial charge < -0.3 is 9.80 Å². The number of aromatic nitrogens is 2. The first-order chi connectivity index (χ1) is 13.9. The highest BCUT2D eigenvalue weighted by Gasteiger charge is 2.15. The summed E-state index contributed by atoms with van der Waals surface area (Å²) in [6, 6.07) is 11.8. The van der Waals surface area contributed by atoms with Crippen LogP contribution in [0.1, 0.15) is 24.2 Å². The van der Waals surface area contributed by atoms with Crippen LogP contribution < -0.4 is 0 Å². The fourth-order valence-corrected chi connectivity index (χ4v) is 3.23. The van der Waals surface area contributed by atoms with Gasteiger partial charge in [0.1, 0.15) is 0 Å². The summed E-state index contributed by atoms with van der Waals surface area (Å²) in [4.78, 5) is 22.5. The van der Waals surface area contributed by atoms with Gasteiger partial charge in [-0.2, -0.15) is 0 Å². The Morgan fingerprint density at radius 2 is 1.18 bits per heavy atom. The van der Waals surface area contributed by atoms with Crippen LogP contribution in [0.5, 0.6) is 0 Å². The zero-order chi connectivity index (χ0) is 19.3. The van der Waals surface area contributed by atoms with Crippen LogP contribution in [-0.4, -0.2) is 84.6 Å². The molecule has 0 N–H and O–H groups in total.